The van der Waals surface area contributed by atoms with E-state index in [1.54, 1.807) is 0 Å². The summed E-state index contributed by atoms with van der Waals surface area (Å²) in [4.78, 5) is 35.1. The minimum absolute atomic E-state index is 0.0544. The summed E-state index contributed by atoms with van der Waals surface area (Å²) >= 11 is 0. The number of nitrogens with two attached hydrogens (primary N) is 1. The van der Waals surface area contributed by atoms with Crippen molar-refractivity contribution in [2.45, 2.75) is 270 Å². The van der Waals surface area contributed by atoms with Gasteiger partial charge < -0.3 is 20.1 Å². The van der Waals surface area contributed by atoms with Gasteiger partial charge in [-0.15, -0.1) is 0 Å². The van der Waals surface area contributed by atoms with E-state index in [4.69, 9.17) is 24.3 Å². The molecule has 0 aromatic rings. The first-order valence-corrected chi connectivity index (χ1v) is 28.5. The number of rotatable bonds is 51. The number of hydrogen-bond acceptors (Lipinski definition) is 8. The molecule has 0 fully saturated rings. The van der Waals surface area contributed by atoms with Gasteiger partial charge in [-0.2, -0.15) is 0 Å². The van der Waals surface area contributed by atoms with Gasteiger partial charge in [0.05, 0.1) is 13.2 Å². The van der Waals surface area contributed by atoms with Gasteiger partial charge in [0, 0.05) is 19.4 Å². The molecular formula is C54H102NO8P. The van der Waals surface area contributed by atoms with Crippen molar-refractivity contribution in [3.8, 4) is 0 Å². The molecule has 0 aliphatic rings. The van der Waals surface area contributed by atoms with Crippen molar-refractivity contribution in [1.29, 1.82) is 0 Å². The van der Waals surface area contributed by atoms with Crippen LogP contribution in [0.25, 0.3) is 0 Å². The van der Waals surface area contributed by atoms with E-state index >= 15 is 0 Å². The van der Waals surface area contributed by atoms with Crippen molar-refractivity contribution < 1.29 is 37.6 Å². The Morgan fingerprint density at radius 3 is 1.20 bits per heavy atom. The zero-order chi connectivity index (χ0) is 46.7. The fraction of sp³-hybridized carbons (Fsp3) is 0.852. The van der Waals surface area contributed by atoms with Crippen molar-refractivity contribution in [2.24, 2.45) is 5.73 Å². The zero-order valence-electron chi connectivity index (χ0n) is 41.8. The highest BCUT2D eigenvalue weighted by Crippen LogP contribution is 2.43. The molecule has 0 bridgehead atoms. The predicted molar refractivity (Wildman–Crippen MR) is 270 cm³/mol. The summed E-state index contributed by atoms with van der Waals surface area (Å²) in [6.07, 6.45) is 59.0. The highest BCUT2D eigenvalue weighted by Gasteiger charge is 2.26. The van der Waals surface area contributed by atoms with Crippen molar-refractivity contribution in [3.63, 3.8) is 0 Å². The van der Waals surface area contributed by atoms with E-state index in [-0.39, 0.29) is 38.6 Å². The summed E-state index contributed by atoms with van der Waals surface area (Å²) in [5.41, 5.74) is 5.37. The van der Waals surface area contributed by atoms with Crippen LogP contribution in [-0.2, 0) is 32.7 Å². The van der Waals surface area contributed by atoms with E-state index in [1.165, 1.54) is 180 Å². The highest BCUT2D eigenvalue weighted by atomic mass is 31.2. The van der Waals surface area contributed by atoms with Gasteiger partial charge in [-0.25, -0.2) is 4.57 Å². The molecule has 10 heteroatoms. The monoisotopic (exact) mass is 924 g/mol. The van der Waals surface area contributed by atoms with Gasteiger partial charge in [-0.3, -0.25) is 18.6 Å². The SMILES string of the molecule is CCCCCCC/C=C\C/C=C\C/C=C\CCCCCCCCCCCCCCC(=O)OC(COC(=O)CCCCCCCCCCCCCCCCCC)COP(=O)(O)OCCN. The van der Waals surface area contributed by atoms with Gasteiger partial charge in [-0.1, -0.05) is 237 Å². The lowest BCUT2D eigenvalue weighted by atomic mass is 10.0. The molecule has 2 unspecified atom stereocenters. The highest BCUT2D eigenvalue weighted by molar-refractivity contribution is 7.47. The van der Waals surface area contributed by atoms with E-state index in [0.29, 0.717) is 6.42 Å². The smallest absolute Gasteiger partial charge is 0.462 e. The fourth-order valence-electron chi connectivity index (χ4n) is 7.76. The summed E-state index contributed by atoms with van der Waals surface area (Å²) in [6.45, 7) is 3.76. The number of hydrogen-bond donors (Lipinski definition) is 2. The minimum Gasteiger partial charge on any atom is -0.462 e. The lowest BCUT2D eigenvalue weighted by Crippen LogP contribution is -2.29. The van der Waals surface area contributed by atoms with Crippen LogP contribution in [0.5, 0.6) is 0 Å². The number of unbranched alkanes of at least 4 members (excludes halogenated alkanes) is 32. The lowest BCUT2D eigenvalue weighted by Gasteiger charge is -2.19. The Morgan fingerprint density at radius 2 is 0.812 bits per heavy atom. The van der Waals surface area contributed by atoms with Crippen LogP contribution in [0.3, 0.4) is 0 Å². The fourth-order valence-corrected chi connectivity index (χ4v) is 8.53. The first-order valence-electron chi connectivity index (χ1n) is 27.0. The second-order valence-corrected chi connectivity index (χ2v) is 19.6. The number of allylic oxidation sites excluding steroid dienone is 6. The van der Waals surface area contributed by atoms with Crippen molar-refractivity contribution >= 4 is 19.8 Å². The number of phosphoric acid groups is 1. The summed E-state index contributed by atoms with van der Waals surface area (Å²) in [6, 6.07) is 0. The molecule has 0 amide bonds. The summed E-state index contributed by atoms with van der Waals surface area (Å²) in [7, 11) is -4.38. The van der Waals surface area contributed by atoms with Crippen LogP contribution in [-0.4, -0.2) is 49.3 Å². The molecule has 0 radical (unpaired) electrons. The molecule has 0 heterocycles. The number of carbonyl (C=O) groups is 2. The van der Waals surface area contributed by atoms with Gasteiger partial charge in [0.1, 0.15) is 6.61 Å². The number of esters is 2. The topological polar surface area (TPSA) is 134 Å². The molecule has 0 aromatic heterocycles. The van der Waals surface area contributed by atoms with Crippen LogP contribution in [0.1, 0.15) is 264 Å². The summed E-state index contributed by atoms with van der Waals surface area (Å²) < 4.78 is 33.0. The first kappa shape index (κ1) is 62.2. The van der Waals surface area contributed by atoms with E-state index in [2.05, 4.69) is 50.3 Å². The largest absolute Gasteiger partial charge is 0.472 e. The van der Waals surface area contributed by atoms with Gasteiger partial charge in [0.15, 0.2) is 6.10 Å². The van der Waals surface area contributed by atoms with Gasteiger partial charge >= 0.3 is 19.8 Å². The second-order valence-electron chi connectivity index (χ2n) is 18.1. The Hall–Kier alpha value is -1.77. The van der Waals surface area contributed by atoms with E-state index in [0.717, 1.165) is 51.4 Å². The predicted octanol–water partition coefficient (Wildman–Crippen LogP) is 16.5. The van der Waals surface area contributed by atoms with Gasteiger partial charge in [-0.05, 0) is 51.4 Å². The summed E-state index contributed by atoms with van der Waals surface area (Å²) in [5, 5.41) is 0. The Kier molecular flexibility index (Phi) is 49.2. The Balaban J connectivity index is 3.98. The molecule has 0 spiro atoms. The molecule has 0 saturated carbocycles. The van der Waals surface area contributed by atoms with Crippen LogP contribution in [0.2, 0.25) is 0 Å². The maximum atomic E-state index is 12.7. The van der Waals surface area contributed by atoms with E-state index < -0.39 is 26.5 Å². The molecule has 64 heavy (non-hydrogen) atoms. The quantitative estimate of drug-likeness (QED) is 0.0265. The molecule has 0 aromatic carbocycles. The molecular weight excluding hydrogens is 822 g/mol. The molecule has 9 nitrogen and oxygen atoms in total. The molecule has 0 rings (SSSR count). The number of phosphoric ester groups is 1. The third kappa shape index (κ3) is 49.7. The third-order valence-electron chi connectivity index (χ3n) is 11.8. The van der Waals surface area contributed by atoms with E-state index in [1.807, 2.05) is 0 Å². The minimum atomic E-state index is -4.38. The van der Waals surface area contributed by atoms with E-state index in [9.17, 15) is 19.0 Å². The average molecular weight is 924 g/mol. The van der Waals surface area contributed by atoms with Crippen LogP contribution in [0.15, 0.2) is 36.5 Å². The molecule has 2 atom stereocenters. The van der Waals surface area contributed by atoms with Crippen LogP contribution in [0.4, 0.5) is 0 Å². The second kappa shape index (κ2) is 50.6. The Labute approximate surface area is 394 Å². The maximum absolute atomic E-state index is 12.7. The van der Waals surface area contributed by atoms with Crippen LogP contribution >= 0.6 is 7.82 Å². The number of ether oxygens (including phenoxy) is 2. The zero-order valence-corrected chi connectivity index (χ0v) is 42.7. The van der Waals surface area contributed by atoms with Crippen molar-refractivity contribution in [1.82, 2.24) is 0 Å². The molecule has 0 aliphatic carbocycles. The number of carbonyl (C=O) groups excluding carboxylic acids is 2. The lowest BCUT2D eigenvalue weighted by molar-refractivity contribution is -0.161. The standard InChI is InChI=1S/C54H102NO8P/c1-3-5-7-9-11-13-15-17-19-21-22-23-24-25-26-27-28-29-30-31-33-35-37-39-41-43-45-47-54(57)63-52(51-62-64(58,59)61-49-48-55)50-60-53(56)46-44-42-40-38-36-34-32-20-18-16-14-12-10-8-6-4-2/h15,17,21-22,24-25,52H,3-14,16,18-20,23,26-51,55H2,1-2H3,(H,58,59)/b17-15-,22-21-,25-24-. The Morgan fingerprint density at radius 1 is 0.469 bits per heavy atom. The summed E-state index contributed by atoms with van der Waals surface area (Å²) in [5.74, 6) is -0.818. The molecule has 0 saturated heterocycles. The normalized spacial score (nSPS) is 13.4. The van der Waals surface area contributed by atoms with Gasteiger partial charge in [0.25, 0.3) is 0 Å². The van der Waals surface area contributed by atoms with Gasteiger partial charge in [0.2, 0.25) is 0 Å². The van der Waals surface area contributed by atoms with Crippen LogP contribution < -0.4 is 5.73 Å². The van der Waals surface area contributed by atoms with Crippen molar-refractivity contribution in [2.75, 3.05) is 26.4 Å². The Bertz CT molecular complexity index is 1140. The molecule has 3 N–H and O–H groups in total. The average Bonchev–Trinajstić information content (AvgIpc) is 3.28. The third-order valence-corrected chi connectivity index (χ3v) is 12.8. The van der Waals surface area contributed by atoms with Crippen molar-refractivity contribution in [3.05, 3.63) is 36.5 Å². The maximum Gasteiger partial charge on any atom is 0.472 e. The van der Waals surface area contributed by atoms with Crippen LogP contribution in [0, 0.1) is 0 Å². The molecule has 0 aliphatic heterocycles. The first-order chi connectivity index (χ1) is 31.3. The molecule has 376 valence electrons.